The van der Waals surface area contributed by atoms with E-state index in [-0.39, 0.29) is 0 Å². The van der Waals surface area contributed by atoms with E-state index in [1.165, 1.54) is 31.5 Å². The van der Waals surface area contributed by atoms with E-state index in [9.17, 15) is 5.26 Å². The molecule has 6 rings (SSSR count). The number of benzene rings is 1. The van der Waals surface area contributed by atoms with Crippen LogP contribution in [0.25, 0.3) is 0 Å². The van der Waals surface area contributed by atoms with Gasteiger partial charge in [-0.25, -0.2) is 4.98 Å². The van der Waals surface area contributed by atoms with Gasteiger partial charge < -0.3 is 9.64 Å². The van der Waals surface area contributed by atoms with Crippen LogP contribution in [0.3, 0.4) is 0 Å². The number of hydrogen-bond donors (Lipinski definition) is 0. The summed E-state index contributed by atoms with van der Waals surface area (Å²) in [4.78, 5) is 9.73. The topological polar surface area (TPSA) is 52.4 Å². The van der Waals surface area contributed by atoms with Gasteiger partial charge in [0, 0.05) is 30.7 Å². The fourth-order valence-corrected chi connectivity index (χ4v) is 5.54. The van der Waals surface area contributed by atoms with Gasteiger partial charge in [0.05, 0.1) is 12.7 Å². The number of hydrogen-bond acceptors (Lipinski definition) is 5. The van der Waals surface area contributed by atoms with Crippen LogP contribution in [-0.2, 0) is 0 Å². The molecule has 0 N–H and O–H groups in total. The highest BCUT2D eigenvalue weighted by Crippen LogP contribution is 2.48. The Balaban J connectivity index is 1.59. The smallest absolute Gasteiger partial charge is 0.146 e. The summed E-state index contributed by atoms with van der Waals surface area (Å²) in [6.07, 6.45) is 4.31. The molecule has 0 saturated carbocycles. The first-order chi connectivity index (χ1) is 13.3. The molecule has 0 aliphatic carbocycles. The second-order valence-electron chi connectivity index (χ2n) is 7.88. The molecular formula is C22H24N4O. The van der Waals surface area contributed by atoms with E-state index in [1.54, 1.807) is 7.11 Å². The number of fused-ring (bicyclic) bond motifs is 2. The Hall–Kier alpha value is -2.58. The molecular weight excluding hydrogens is 336 g/mol. The number of methoxy groups -OCH3 is 1. The van der Waals surface area contributed by atoms with Gasteiger partial charge in [0.2, 0.25) is 0 Å². The van der Waals surface area contributed by atoms with Crippen LogP contribution in [0.2, 0.25) is 0 Å². The van der Waals surface area contributed by atoms with Gasteiger partial charge in [0.1, 0.15) is 17.6 Å². The number of pyridine rings is 1. The summed E-state index contributed by atoms with van der Waals surface area (Å²) < 4.78 is 5.48. The fraction of sp³-hybridized carbons (Fsp3) is 0.455. The molecule has 4 aliphatic heterocycles. The average Bonchev–Trinajstić information content (AvgIpc) is 3.17. The molecule has 3 unspecified atom stereocenters. The lowest BCUT2D eigenvalue weighted by Crippen LogP contribution is -2.60. The maximum atomic E-state index is 9.61. The third kappa shape index (κ3) is 2.59. The summed E-state index contributed by atoms with van der Waals surface area (Å²) in [5, 5.41) is 9.61. The summed E-state index contributed by atoms with van der Waals surface area (Å²) >= 11 is 0. The summed E-state index contributed by atoms with van der Waals surface area (Å²) in [6, 6.07) is 15.5. The van der Waals surface area contributed by atoms with Crippen LogP contribution in [0.4, 0.5) is 5.82 Å². The van der Waals surface area contributed by atoms with E-state index >= 15 is 0 Å². The third-order valence-electron chi connectivity index (χ3n) is 6.70. The van der Waals surface area contributed by atoms with Crippen molar-refractivity contribution in [3.8, 4) is 11.8 Å². The quantitative estimate of drug-likeness (QED) is 0.842. The molecule has 1 aromatic carbocycles. The largest absolute Gasteiger partial charge is 0.497 e. The lowest BCUT2D eigenvalue weighted by atomic mass is 9.75. The van der Waals surface area contributed by atoms with Crippen molar-refractivity contribution >= 4 is 5.82 Å². The second kappa shape index (κ2) is 6.54. The van der Waals surface area contributed by atoms with Crippen molar-refractivity contribution in [3.05, 3.63) is 53.7 Å². The van der Waals surface area contributed by atoms with Gasteiger partial charge in [0.25, 0.3) is 0 Å². The zero-order chi connectivity index (χ0) is 18.4. The van der Waals surface area contributed by atoms with Gasteiger partial charge in [-0.2, -0.15) is 5.26 Å². The van der Waals surface area contributed by atoms with Gasteiger partial charge >= 0.3 is 0 Å². The first-order valence-corrected chi connectivity index (χ1v) is 9.80. The second-order valence-corrected chi connectivity index (χ2v) is 7.88. The Labute approximate surface area is 160 Å². The van der Waals surface area contributed by atoms with Crippen LogP contribution in [0.5, 0.6) is 5.75 Å². The van der Waals surface area contributed by atoms with Crippen LogP contribution < -0.4 is 9.64 Å². The van der Waals surface area contributed by atoms with Crippen LogP contribution in [-0.4, -0.2) is 48.7 Å². The molecule has 5 heterocycles. The summed E-state index contributed by atoms with van der Waals surface area (Å²) in [5.74, 6) is 2.86. The van der Waals surface area contributed by atoms with E-state index in [0.29, 0.717) is 29.5 Å². The Morgan fingerprint density at radius 1 is 1.15 bits per heavy atom. The van der Waals surface area contributed by atoms with Gasteiger partial charge in [0.15, 0.2) is 0 Å². The van der Waals surface area contributed by atoms with Crippen molar-refractivity contribution in [1.29, 1.82) is 5.26 Å². The zero-order valence-electron chi connectivity index (χ0n) is 15.6. The number of nitriles is 1. The SMILES string of the molecule is COc1cccc(C2CN(c3ncccc3C#N)C3C4CCN(CC4)C23)c1. The van der Waals surface area contributed by atoms with Crippen molar-refractivity contribution in [2.45, 2.75) is 30.8 Å². The Kier molecular flexibility index (Phi) is 4.02. The molecule has 1 aromatic heterocycles. The highest BCUT2D eigenvalue weighted by Gasteiger charge is 2.54. The van der Waals surface area contributed by atoms with Crippen LogP contribution in [0.15, 0.2) is 42.6 Å². The third-order valence-corrected chi connectivity index (χ3v) is 6.70. The van der Waals surface area contributed by atoms with E-state index in [1.807, 2.05) is 24.4 Å². The van der Waals surface area contributed by atoms with Crippen LogP contribution in [0, 0.1) is 17.2 Å². The van der Waals surface area contributed by atoms with Crippen molar-refractivity contribution in [1.82, 2.24) is 9.88 Å². The molecule has 4 aliphatic rings. The normalized spacial score (nSPS) is 31.4. The summed E-state index contributed by atoms with van der Waals surface area (Å²) in [5.41, 5.74) is 2.01. The maximum absolute atomic E-state index is 9.61. The number of anilines is 1. The number of nitrogens with zero attached hydrogens (tertiary/aromatic N) is 4. The fourth-order valence-electron chi connectivity index (χ4n) is 5.54. The molecule has 0 amide bonds. The predicted molar refractivity (Wildman–Crippen MR) is 104 cm³/mol. The zero-order valence-corrected chi connectivity index (χ0v) is 15.6. The van der Waals surface area contributed by atoms with Crippen molar-refractivity contribution in [3.63, 3.8) is 0 Å². The average molecular weight is 360 g/mol. The van der Waals surface area contributed by atoms with E-state index < -0.39 is 0 Å². The first kappa shape index (κ1) is 16.6. The molecule has 5 heteroatoms. The van der Waals surface area contributed by atoms with E-state index in [4.69, 9.17) is 4.74 Å². The number of aromatic nitrogens is 1. The molecule has 27 heavy (non-hydrogen) atoms. The molecule has 2 aromatic rings. The van der Waals surface area contributed by atoms with Crippen molar-refractivity contribution in [2.75, 3.05) is 31.6 Å². The minimum atomic E-state index is 0.404. The molecule has 5 nitrogen and oxygen atoms in total. The summed E-state index contributed by atoms with van der Waals surface area (Å²) in [6.45, 7) is 3.28. The number of piperidine rings is 3. The highest BCUT2D eigenvalue weighted by molar-refractivity contribution is 5.57. The molecule has 138 valence electrons. The number of rotatable bonds is 3. The molecule has 0 spiro atoms. The van der Waals surface area contributed by atoms with Crippen molar-refractivity contribution < 1.29 is 4.74 Å². The predicted octanol–water partition coefficient (Wildman–Crippen LogP) is 3.03. The minimum absolute atomic E-state index is 0.404. The molecule has 3 atom stereocenters. The molecule has 2 bridgehead atoms. The Morgan fingerprint density at radius 3 is 2.78 bits per heavy atom. The minimum Gasteiger partial charge on any atom is -0.497 e. The lowest BCUT2D eigenvalue weighted by Gasteiger charge is -2.51. The van der Waals surface area contributed by atoms with Gasteiger partial charge in [-0.05, 0) is 61.7 Å². The van der Waals surface area contributed by atoms with E-state index in [0.717, 1.165) is 18.1 Å². The van der Waals surface area contributed by atoms with Crippen molar-refractivity contribution in [2.24, 2.45) is 5.92 Å². The molecule has 4 fully saturated rings. The molecule has 0 radical (unpaired) electrons. The van der Waals surface area contributed by atoms with Crippen LogP contribution in [0.1, 0.15) is 29.9 Å². The Morgan fingerprint density at radius 2 is 2.00 bits per heavy atom. The Bertz CT molecular complexity index is 884. The lowest BCUT2D eigenvalue weighted by molar-refractivity contribution is 0.0354. The standard InChI is InChI=1S/C22H24N4O/c1-27-18-6-2-4-16(12-18)19-14-26(22-17(13-23)5-3-9-24-22)20-15-7-10-25(11-8-15)21(19)20/h2-6,9,12,15,19-21H,7-8,10-11,14H2,1H3. The van der Waals surface area contributed by atoms with Gasteiger partial charge in [-0.15, -0.1) is 0 Å². The van der Waals surface area contributed by atoms with Gasteiger partial charge in [-0.3, -0.25) is 4.90 Å². The molecule has 4 saturated heterocycles. The van der Waals surface area contributed by atoms with Crippen LogP contribution >= 0.6 is 0 Å². The highest BCUT2D eigenvalue weighted by atomic mass is 16.5. The maximum Gasteiger partial charge on any atom is 0.146 e. The first-order valence-electron chi connectivity index (χ1n) is 9.80. The number of ether oxygens (including phenoxy) is 1. The summed E-state index contributed by atoms with van der Waals surface area (Å²) in [7, 11) is 1.72. The van der Waals surface area contributed by atoms with Gasteiger partial charge in [-0.1, -0.05) is 12.1 Å². The van der Waals surface area contributed by atoms with E-state index in [2.05, 4.69) is 39.1 Å². The monoisotopic (exact) mass is 360 g/mol.